The highest BCUT2D eigenvalue weighted by Crippen LogP contribution is 2.11. The van der Waals surface area contributed by atoms with E-state index in [2.05, 4.69) is 31.8 Å². The molecule has 0 spiro atoms. The second-order valence-electron chi connectivity index (χ2n) is 4.55. The highest BCUT2D eigenvalue weighted by atomic mass is 28.3. The van der Waals surface area contributed by atoms with Crippen LogP contribution in [0.15, 0.2) is 24.3 Å². The van der Waals surface area contributed by atoms with Gasteiger partial charge in [-0.15, -0.1) is 0 Å². The molecule has 2 heteroatoms. The summed E-state index contributed by atoms with van der Waals surface area (Å²) in [7, 11) is -1.17. The maximum Gasteiger partial charge on any atom is 0.0775 e. The lowest BCUT2D eigenvalue weighted by atomic mass is 10.1. The lowest BCUT2D eigenvalue weighted by molar-refractivity contribution is 0.199. The van der Waals surface area contributed by atoms with Gasteiger partial charge >= 0.3 is 0 Å². The summed E-state index contributed by atoms with van der Waals surface area (Å²) in [5.74, 6) is 0. The normalized spacial score (nSPS) is 14.2. The van der Waals surface area contributed by atoms with Crippen molar-refractivity contribution < 1.29 is 5.11 Å². The highest BCUT2D eigenvalue weighted by Gasteiger charge is 2.15. The predicted molar refractivity (Wildman–Crippen MR) is 60.1 cm³/mol. The molecule has 0 amide bonds. The Kier molecular flexibility index (Phi) is 2.93. The zero-order valence-corrected chi connectivity index (χ0v) is 9.83. The predicted octanol–water partition coefficient (Wildman–Crippen LogP) is 2.29. The summed E-state index contributed by atoms with van der Waals surface area (Å²) in [6.45, 7) is 8.77. The van der Waals surface area contributed by atoms with Crippen LogP contribution in [0.3, 0.4) is 0 Å². The van der Waals surface area contributed by atoms with Crippen molar-refractivity contribution in [2.45, 2.75) is 32.7 Å². The van der Waals surface area contributed by atoms with Crippen LogP contribution in [0.5, 0.6) is 0 Å². The summed E-state index contributed by atoms with van der Waals surface area (Å²) < 4.78 is 0. The van der Waals surface area contributed by atoms with Gasteiger partial charge in [0, 0.05) is 0 Å². The van der Waals surface area contributed by atoms with E-state index in [0.717, 1.165) is 5.56 Å². The number of aliphatic hydroxyl groups is 1. The molecule has 72 valence electrons. The molecule has 1 N–H and O–H groups in total. The van der Waals surface area contributed by atoms with Crippen molar-refractivity contribution in [1.29, 1.82) is 0 Å². The van der Waals surface area contributed by atoms with Gasteiger partial charge in [0.15, 0.2) is 0 Å². The van der Waals surface area contributed by atoms with Gasteiger partial charge in [0.05, 0.1) is 14.2 Å². The fourth-order valence-electron chi connectivity index (χ4n) is 1.26. The molecule has 0 radical (unpaired) electrons. The van der Waals surface area contributed by atoms with Gasteiger partial charge in [0.25, 0.3) is 0 Å². The third-order valence-corrected chi connectivity index (χ3v) is 4.32. The van der Waals surface area contributed by atoms with Gasteiger partial charge in [-0.3, -0.25) is 0 Å². The third kappa shape index (κ3) is 2.67. The summed E-state index contributed by atoms with van der Waals surface area (Å²) in [6.07, 6.45) is -0.351. The van der Waals surface area contributed by atoms with Crippen LogP contribution in [-0.2, 0) is 0 Å². The molecule has 1 rings (SSSR count). The molecular formula is C11H18OSi. The maximum atomic E-state index is 9.33. The lowest BCUT2D eigenvalue weighted by Crippen LogP contribution is -2.37. The van der Waals surface area contributed by atoms with Crippen molar-refractivity contribution in [3.63, 3.8) is 0 Å². The van der Waals surface area contributed by atoms with E-state index < -0.39 is 8.07 Å². The molecule has 0 heterocycles. The minimum Gasteiger partial charge on any atom is -0.389 e. The van der Waals surface area contributed by atoms with Crippen molar-refractivity contribution in [1.82, 2.24) is 0 Å². The molecule has 1 aromatic carbocycles. The van der Waals surface area contributed by atoms with Gasteiger partial charge in [-0.2, -0.15) is 0 Å². The fourth-order valence-corrected chi connectivity index (χ4v) is 2.43. The summed E-state index contributed by atoms with van der Waals surface area (Å²) in [5, 5.41) is 10.8. The van der Waals surface area contributed by atoms with Crippen LogP contribution in [0, 0.1) is 0 Å². The maximum absolute atomic E-state index is 9.33. The van der Waals surface area contributed by atoms with Gasteiger partial charge in [0.1, 0.15) is 0 Å². The van der Waals surface area contributed by atoms with Crippen LogP contribution < -0.4 is 5.19 Å². The van der Waals surface area contributed by atoms with Gasteiger partial charge in [-0.05, 0) is 12.5 Å². The first kappa shape index (κ1) is 10.5. The van der Waals surface area contributed by atoms with Crippen molar-refractivity contribution >= 4 is 13.3 Å². The van der Waals surface area contributed by atoms with E-state index in [1.165, 1.54) is 5.19 Å². The molecule has 1 aromatic rings. The van der Waals surface area contributed by atoms with Crippen LogP contribution in [-0.4, -0.2) is 13.2 Å². The third-order valence-electron chi connectivity index (χ3n) is 2.26. The summed E-state index contributed by atoms with van der Waals surface area (Å²) in [6, 6.07) is 8.35. The molecule has 0 saturated heterocycles. The van der Waals surface area contributed by atoms with Crippen molar-refractivity contribution in [2.24, 2.45) is 0 Å². The Morgan fingerprint density at radius 3 is 1.85 bits per heavy atom. The molecule has 0 bridgehead atoms. The zero-order valence-electron chi connectivity index (χ0n) is 8.83. The minimum atomic E-state index is -1.17. The number of aliphatic hydroxyl groups excluding tert-OH is 1. The average molecular weight is 194 g/mol. The second kappa shape index (κ2) is 3.64. The molecule has 0 fully saturated rings. The first-order valence-corrected chi connectivity index (χ1v) is 8.20. The van der Waals surface area contributed by atoms with Crippen molar-refractivity contribution in [3.05, 3.63) is 29.8 Å². The Hall–Kier alpha value is -0.603. The Bertz CT molecular complexity index is 269. The van der Waals surface area contributed by atoms with Crippen LogP contribution in [0.25, 0.3) is 0 Å². The van der Waals surface area contributed by atoms with Crippen LogP contribution in [0.4, 0.5) is 0 Å². The van der Waals surface area contributed by atoms with Gasteiger partial charge in [-0.1, -0.05) is 49.1 Å². The monoisotopic (exact) mass is 194 g/mol. The molecule has 0 aliphatic carbocycles. The number of rotatable bonds is 2. The molecule has 0 aliphatic rings. The molecule has 13 heavy (non-hydrogen) atoms. The highest BCUT2D eigenvalue weighted by molar-refractivity contribution is 6.88. The molecular weight excluding hydrogens is 176 g/mol. The van der Waals surface area contributed by atoms with Crippen molar-refractivity contribution in [2.75, 3.05) is 0 Å². The van der Waals surface area contributed by atoms with E-state index in [9.17, 15) is 5.11 Å². The minimum absolute atomic E-state index is 0.351. The van der Waals surface area contributed by atoms with Gasteiger partial charge < -0.3 is 5.11 Å². The molecule has 0 aromatic heterocycles. The average Bonchev–Trinajstić information content (AvgIpc) is 2.03. The van der Waals surface area contributed by atoms with E-state index in [1.807, 2.05) is 12.1 Å². The first-order chi connectivity index (χ1) is 5.91. The second-order valence-corrected chi connectivity index (χ2v) is 9.63. The lowest BCUT2D eigenvalue weighted by Gasteiger charge is -2.17. The van der Waals surface area contributed by atoms with Gasteiger partial charge in [-0.25, -0.2) is 0 Å². The first-order valence-electron chi connectivity index (χ1n) is 4.70. The largest absolute Gasteiger partial charge is 0.389 e. The fraction of sp³-hybridized carbons (Fsp3) is 0.455. The van der Waals surface area contributed by atoms with E-state index in [4.69, 9.17) is 0 Å². The van der Waals surface area contributed by atoms with E-state index >= 15 is 0 Å². The summed E-state index contributed by atoms with van der Waals surface area (Å²) in [4.78, 5) is 0. The topological polar surface area (TPSA) is 20.2 Å². The van der Waals surface area contributed by atoms with Crippen LogP contribution in [0.1, 0.15) is 18.6 Å². The van der Waals surface area contributed by atoms with Crippen LogP contribution in [0.2, 0.25) is 19.6 Å². The molecule has 1 atom stereocenters. The van der Waals surface area contributed by atoms with E-state index in [1.54, 1.807) is 6.92 Å². The SMILES string of the molecule is C[C@@H](O)c1ccc([Si](C)(C)C)cc1. The quantitative estimate of drug-likeness (QED) is 0.716. The smallest absolute Gasteiger partial charge is 0.0775 e. The Balaban J connectivity index is 2.94. The Labute approximate surface area is 81.4 Å². The van der Waals surface area contributed by atoms with E-state index in [0.29, 0.717) is 0 Å². The van der Waals surface area contributed by atoms with Crippen molar-refractivity contribution in [3.8, 4) is 0 Å². The van der Waals surface area contributed by atoms with E-state index in [-0.39, 0.29) is 6.10 Å². The summed E-state index contributed by atoms with van der Waals surface area (Å²) in [5.41, 5.74) is 1.00. The van der Waals surface area contributed by atoms with Crippen LogP contribution >= 0.6 is 0 Å². The zero-order chi connectivity index (χ0) is 10.1. The summed E-state index contributed by atoms with van der Waals surface area (Å²) >= 11 is 0. The molecule has 0 saturated carbocycles. The number of benzene rings is 1. The molecule has 0 unspecified atom stereocenters. The van der Waals surface area contributed by atoms with Gasteiger partial charge in [0.2, 0.25) is 0 Å². The number of hydrogen-bond acceptors (Lipinski definition) is 1. The Morgan fingerprint density at radius 2 is 1.54 bits per heavy atom. The molecule has 0 aliphatic heterocycles. The molecule has 1 nitrogen and oxygen atoms in total. The Morgan fingerprint density at radius 1 is 1.08 bits per heavy atom. The number of hydrogen-bond donors (Lipinski definition) is 1. The standard InChI is InChI=1S/C11H18OSi/c1-9(12)10-5-7-11(8-6-10)13(2,3)4/h5-9,12H,1-4H3/t9-/m1/s1.